The Hall–Kier alpha value is -3.43. The first kappa shape index (κ1) is 68.3. The molecule has 0 unspecified atom stereocenters. The molecule has 342 valence electrons. The minimum Gasteiger partial charge on any atom is -0.399 e. The van der Waals surface area contributed by atoms with Gasteiger partial charge in [0.2, 0.25) is 0 Å². The zero-order valence-electron chi connectivity index (χ0n) is 28.4. The molecule has 2 atom stereocenters. The summed E-state index contributed by atoms with van der Waals surface area (Å²) in [6.07, 6.45) is 1.82. The highest BCUT2D eigenvalue weighted by molar-refractivity contribution is 7.59. The lowest BCUT2D eigenvalue weighted by Crippen LogP contribution is -2.48. The maximum Gasteiger partial charge on any atom is 0.324 e. The topological polar surface area (TPSA) is 119 Å². The van der Waals surface area contributed by atoms with Crippen molar-refractivity contribution in [1.82, 2.24) is 30.6 Å². The van der Waals surface area contributed by atoms with E-state index in [0.29, 0.717) is 28.3 Å². The van der Waals surface area contributed by atoms with Crippen LogP contribution in [0.15, 0.2) is 83.6 Å². The van der Waals surface area contributed by atoms with Crippen molar-refractivity contribution < 1.29 is 4.79 Å². The number of nitrogen functional groups attached to an aromatic ring is 1. The van der Waals surface area contributed by atoms with E-state index in [1.165, 1.54) is 16.1 Å². The van der Waals surface area contributed by atoms with E-state index >= 15 is 0 Å². The number of aromatic nitrogens is 4. The molecule has 8 rings (SSSR count). The molecule has 5 N–H and O–H groups in total. The van der Waals surface area contributed by atoms with Gasteiger partial charge in [0, 0.05) is 82.5 Å². The number of thiophene rings is 2. The van der Waals surface area contributed by atoms with Gasteiger partial charge in [-0.1, -0.05) is 114 Å². The highest BCUT2D eigenvalue weighted by Crippen LogP contribution is 2.34. The Labute approximate surface area is 396 Å². The Morgan fingerprint density at radius 3 is 1.70 bits per heavy atom. The van der Waals surface area contributed by atoms with Crippen LogP contribution in [-0.2, 0) is 25.9 Å². The molecule has 0 spiro atoms. The highest BCUT2D eigenvalue weighted by atomic mass is 35.5. The van der Waals surface area contributed by atoms with E-state index in [4.69, 9.17) is 28.9 Å². The first-order valence-corrected chi connectivity index (χ1v) is 18.4. The molecule has 9 nitrogen and oxygen atoms in total. The minimum atomic E-state index is -0.0382. The van der Waals surface area contributed by atoms with Gasteiger partial charge in [0.05, 0.1) is 16.3 Å². The molecule has 6 aromatic rings. The van der Waals surface area contributed by atoms with E-state index in [1.807, 2.05) is 34.5 Å². The smallest absolute Gasteiger partial charge is 0.324 e. The maximum absolute atomic E-state index is 13.1. The molecule has 15 heteroatoms. The number of amides is 2. The van der Waals surface area contributed by atoms with Crippen molar-refractivity contribution in [2.45, 2.75) is 119 Å². The fourth-order valence-electron chi connectivity index (χ4n) is 5.87. The van der Waals surface area contributed by atoms with Crippen LogP contribution in [0.3, 0.4) is 0 Å². The Morgan fingerprint density at radius 1 is 0.733 bits per heavy atom. The number of urea groups is 1. The summed E-state index contributed by atoms with van der Waals surface area (Å²) >= 11 is 15.0. The third-order valence-corrected chi connectivity index (χ3v) is 10.7. The van der Waals surface area contributed by atoms with E-state index < -0.39 is 0 Å². The second kappa shape index (κ2) is 31.4. The molecule has 0 saturated carbocycles. The number of benzene rings is 2. The number of anilines is 2. The number of rotatable bonds is 3. The average molecular weight is 946 g/mol. The summed E-state index contributed by atoms with van der Waals surface area (Å²) in [5.41, 5.74) is 13.8. The van der Waals surface area contributed by atoms with Crippen LogP contribution in [0.5, 0.6) is 0 Å². The number of aromatic amines is 2. The molecule has 0 radical (unpaired) electrons. The molecular formula is C45H78Cl2N8OS4. The predicted molar refractivity (Wildman–Crippen MR) is 285 cm³/mol. The molecule has 0 bridgehead atoms. The van der Waals surface area contributed by atoms with E-state index in [9.17, 15) is 4.79 Å². The minimum absolute atomic E-state index is 0. The van der Waals surface area contributed by atoms with Gasteiger partial charge < -0.3 is 16.0 Å². The number of H-pyrrole nitrogens is 2. The normalized spacial score (nSPS) is 13.4. The summed E-state index contributed by atoms with van der Waals surface area (Å²) in [4.78, 5) is 19.1. The summed E-state index contributed by atoms with van der Waals surface area (Å²) in [6.45, 7) is 5.75. The van der Waals surface area contributed by atoms with Gasteiger partial charge in [-0.2, -0.15) is 37.2 Å². The molecule has 60 heavy (non-hydrogen) atoms. The van der Waals surface area contributed by atoms with Gasteiger partial charge in [-0.25, -0.2) is 4.79 Å². The summed E-state index contributed by atoms with van der Waals surface area (Å²) in [5, 5.41) is 24.1. The van der Waals surface area contributed by atoms with Crippen molar-refractivity contribution in [1.29, 1.82) is 0 Å². The Morgan fingerprint density at radius 2 is 1.23 bits per heavy atom. The summed E-state index contributed by atoms with van der Waals surface area (Å²) in [6, 6.07) is 23.3. The van der Waals surface area contributed by atoms with Crippen molar-refractivity contribution in [3.8, 4) is 21.1 Å². The van der Waals surface area contributed by atoms with Crippen molar-refractivity contribution in [3.05, 3.63) is 116 Å². The lowest BCUT2D eigenvalue weighted by Gasteiger charge is -2.36. The van der Waals surface area contributed by atoms with Crippen molar-refractivity contribution >= 4 is 90.3 Å². The Kier molecular flexibility index (Phi) is 35.8. The van der Waals surface area contributed by atoms with E-state index in [2.05, 4.69) is 63.1 Å². The quantitative estimate of drug-likeness (QED) is 0.132. The third-order valence-electron chi connectivity index (χ3n) is 8.49. The second-order valence-electron chi connectivity index (χ2n) is 12.1. The Bertz CT molecular complexity index is 1980. The summed E-state index contributed by atoms with van der Waals surface area (Å²) < 4.78 is 0. The number of nitrogens with two attached hydrogens (primary N) is 1. The molecule has 0 fully saturated rings. The largest absolute Gasteiger partial charge is 0.399 e. The molecule has 4 aromatic heterocycles. The first-order chi connectivity index (χ1) is 23.7. The fourth-order valence-corrected chi connectivity index (χ4v) is 7.74. The highest BCUT2D eigenvalue weighted by Gasteiger charge is 2.32. The van der Waals surface area contributed by atoms with E-state index in [-0.39, 0.29) is 106 Å². The van der Waals surface area contributed by atoms with E-state index in [1.54, 1.807) is 65.0 Å². The van der Waals surface area contributed by atoms with Gasteiger partial charge >= 0.3 is 6.03 Å². The molecule has 2 amide bonds. The summed E-state index contributed by atoms with van der Waals surface area (Å²) in [7, 11) is 1.78. The van der Waals surface area contributed by atoms with Crippen molar-refractivity contribution in [2.24, 2.45) is 0 Å². The zero-order valence-corrected chi connectivity index (χ0v) is 33.6. The Balaban J connectivity index is -0.000000187. The number of nitrogens with one attached hydrogen (secondary N) is 3. The lowest BCUT2D eigenvalue weighted by atomic mass is 9.99. The molecule has 2 aromatic carbocycles. The SMILES string of the molecule is C.C.C.C.C.C.C.C.C.C[C@H]1Cc2[nH]nc(-c3cccs3)c2CN1.C[C@H]1Cc2[nH]nc(-c3cccs3)c2CN1C(=O)N(C)c1cccc(Cl)c1.Nc1cccc(Cl)c1.S.S. The van der Waals surface area contributed by atoms with Gasteiger partial charge in [0.1, 0.15) is 11.4 Å². The van der Waals surface area contributed by atoms with Crippen LogP contribution in [0.1, 0.15) is 103 Å². The molecular weight excluding hydrogens is 868 g/mol. The number of hydrogen-bond donors (Lipinski definition) is 4. The van der Waals surface area contributed by atoms with Gasteiger partial charge in [-0.3, -0.25) is 15.1 Å². The standard InChI is InChI=1S/C19H19ClN4OS.C11H13N3S.C6H6ClN.9CH4.2H2S/c1-12-9-16-15(18(22-21-16)17-7-4-8-26-17)11-24(12)19(25)23(2)14-6-3-5-13(20)10-14;1-7-5-9-8(6-12-7)11(14-13-9)10-3-2-4-15-10;7-5-2-1-3-6(8)4-5;;;;;;;;;;;/h3-8,10,12H,9,11H2,1-2H3,(H,21,22);2-4,7,12H,5-6H2,1H3,(H,13,14);1-4H,8H2;9*1H4;2*1H2/t12-;7-;;;;;;;;;;;;/m00............/s1. The molecule has 2 aliphatic heterocycles. The molecule has 2 aliphatic rings. The number of carbonyl (C=O) groups is 1. The predicted octanol–water partition coefficient (Wildman–Crippen LogP) is 14.8. The van der Waals surface area contributed by atoms with Crippen LogP contribution < -0.4 is 16.0 Å². The number of fused-ring (bicyclic) bond motifs is 2. The summed E-state index contributed by atoms with van der Waals surface area (Å²) in [5.74, 6) is 0. The van der Waals surface area contributed by atoms with Crippen LogP contribution in [0, 0.1) is 0 Å². The maximum atomic E-state index is 13.1. The monoisotopic (exact) mass is 944 g/mol. The second-order valence-corrected chi connectivity index (χ2v) is 14.8. The van der Waals surface area contributed by atoms with Crippen LogP contribution >= 0.6 is 72.9 Å². The van der Waals surface area contributed by atoms with Crippen LogP contribution in [0.4, 0.5) is 16.2 Å². The number of hydrogen-bond acceptors (Lipinski definition) is 7. The van der Waals surface area contributed by atoms with Gasteiger partial charge in [0.25, 0.3) is 0 Å². The lowest BCUT2D eigenvalue weighted by molar-refractivity contribution is 0.176. The third kappa shape index (κ3) is 16.4. The van der Waals surface area contributed by atoms with Gasteiger partial charge in [0.15, 0.2) is 0 Å². The average Bonchev–Trinajstić information content (AvgIpc) is 3.91. The number of halogens is 2. The van der Waals surface area contributed by atoms with Crippen molar-refractivity contribution in [3.63, 3.8) is 0 Å². The molecule has 6 heterocycles. The van der Waals surface area contributed by atoms with Gasteiger partial charge in [-0.05, 0) is 73.1 Å². The van der Waals surface area contributed by atoms with Crippen LogP contribution in [0.25, 0.3) is 21.1 Å². The molecule has 0 saturated heterocycles. The van der Waals surface area contributed by atoms with Crippen molar-refractivity contribution in [2.75, 3.05) is 17.7 Å². The van der Waals surface area contributed by atoms with Gasteiger partial charge in [-0.15, -0.1) is 22.7 Å². The number of carbonyl (C=O) groups excluding carboxylic acids is 1. The zero-order chi connectivity index (χ0) is 34.5. The number of nitrogens with zero attached hydrogens (tertiary/aromatic N) is 4. The molecule has 0 aliphatic carbocycles. The van der Waals surface area contributed by atoms with E-state index in [0.717, 1.165) is 52.6 Å². The van der Waals surface area contributed by atoms with Crippen LogP contribution in [0.2, 0.25) is 10.0 Å². The fraction of sp³-hybridized carbons (Fsp3) is 0.400. The van der Waals surface area contributed by atoms with Crippen LogP contribution in [-0.4, -0.2) is 50.5 Å². The first-order valence-electron chi connectivity index (χ1n) is 15.9.